The van der Waals surface area contributed by atoms with Gasteiger partial charge in [-0.3, -0.25) is 4.79 Å². The summed E-state index contributed by atoms with van der Waals surface area (Å²) >= 11 is 1.36. The van der Waals surface area contributed by atoms with Crippen LogP contribution in [0.2, 0.25) is 0 Å². The summed E-state index contributed by atoms with van der Waals surface area (Å²) in [4.78, 5) is 24.8. The van der Waals surface area contributed by atoms with Gasteiger partial charge < -0.3 is 5.32 Å². The van der Waals surface area contributed by atoms with Crippen LogP contribution in [0.3, 0.4) is 0 Å². The van der Waals surface area contributed by atoms with Crippen molar-refractivity contribution >= 4 is 39.3 Å². The van der Waals surface area contributed by atoms with E-state index in [4.69, 9.17) is 0 Å². The third-order valence-electron chi connectivity index (χ3n) is 5.11. The topological polar surface area (TPSA) is 138 Å². The van der Waals surface area contributed by atoms with E-state index >= 15 is 0 Å². The van der Waals surface area contributed by atoms with Crippen LogP contribution in [-0.4, -0.2) is 35.0 Å². The lowest BCUT2D eigenvalue weighted by molar-refractivity contribution is -0.115. The van der Waals surface area contributed by atoms with E-state index in [-0.39, 0.29) is 23.2 Å². The average molecular weight is 497 g/mol. The summed E-state index contributed by atoms with van der Waals surface area (Å²) in [6.07, 6.45) is 1.67. The van der Waals surface area contributed by atoms with Crippen LogP contribution in [-0.2, 0) is 14.8 Å². The van der Waals surface area contributed by atoms with Gasteiger partial charge in [-0.1, -0.05) is 0 Å². The molecule has 0 unspecified atom stereocenters. The molecule has 1 amide bonds. The molecule has 0 radical (unpaired) electrons. The fourth-order valence-corrected chi connectivity index (χ4v) is 4.98. The Labute approximate surface area is 203 Å². The first-order chi connectivity index (χ1) is 16.1. The van der Waals surface area contributed by atoms with Crippen LogP contribution in [0.25, 0.3) is 0 Å². The molecule has 0 saturated carbocycles. The molecule has 2 N–H and O–H groups in total. The van der Waals surface area contributed by atoms with Crippen molar-refractivity contribution in [2.75, 3.05) is 15.8 Å². The first-order valence-corrected chi connectivity index (χ1v) is 12.8. The zero-order valence-corrected chi connectivity index (χ0v) is 20.8. The number of hydrogen-bond donors (Lipinski definition) is 2. The fraction of sp³-hybridized carbons (Fsp3) is 0.261. The van der Waals surface area contributed by atoms with Crippen molar-refractivity contribution in [1.29, 1.82) is 5.26 Å². The third kappa shape index (κ3) is 6.09. The number of rotatable bonds is 8. The number of thioether (sulfide) groups is 1. The average Bonchev–Trinajstić information content (AvgIpc) is 2.78. The van der Waals surface area contributed by atoms with Gasteiger partial charge in [0.05, 0.1) is 10.5 Å². The van der Waals surface area contributed by atoms with Crippen LogP contribution in [0.4, 0.5) is 11.6 Å². The monoisotopic (exact) mass is 496 g/mol. The van der Waals surface area contributed by atoms with Gasteiger partial charge in [0.1, 0.15) is 11.1 Å². The molecule has 0 atom stereocenters. The number of benzene rings is 1. The number of carbonyl (C=O) groups excluding carboxylic acids is 1. The largest absolute Gasteiger partial charge is 0.326 e. The van der Waals surface area contributed by atoms with E-state index in [0.717, 1.165) is 16.8 Å². The fourth-order valence-electron chi connectivity index (χ4n) is 3.01. The number of hydrogen-bond acceptors (Lipinski definition) is 8. The number of pyridine rings is 1. The lowest BCUT2D eigenvalue weighted by Gasteiger charge is -2.11. The van der Waals surface area contributed by atoms with Gasteiger partial charge in [-0.25, -0.2) is 28.1 Å². The molecule has 9 nitrogen and oxygen atoms in total. The number of carbonyl (C=O) groups is 1. The number of nitriles is 1. The van der Waals surface area contributed by atoms with Crippen molar-refractivity contribution in [2.45, 2.75) is 44.0 Å². The van der Waals surface area contributed by atoms with Crippen LogP contribution in [0.5, 0.6) is 0 Å². The summed E-state index contributed by atoms with van der Waals surface area (Å²) in [5, 5.41) is 12.8. The van der Waals surface area contributed by atoms with E-state index in [9.17, 15) is 18.5 Å². The SMILES string of the molecule is Cc1ccnc(NS(=O)(=O)c2ccc(NC(=O)CCSc3nc(C)c(C)c(C)c3C#N)cc2)n1. The Kier molecular flexibility index (Phi) is 7.86. The zero-order chi connectivity index (χ0) is 24.9. The Morgan fingerprint density at radius 2 is 1.76 bits per heavy atom. The number of amides is 1. The van der Waals surface area contributed by atoms with Gasteiger partial charge in [-0.2, -0.15) is 5.26 Å². The lowest BCUT2D eigenvalue weighted by Crippen LogP contribution is -2.16. The molecule has 0 spiro atoms. The molecule has 176 valence electrons. The molecule has 0 aliphatic carbocycles. The molecule has 2 heterocycles. The van der Waals surface area contributed by atoms with E-state index in [2.05, 4.69) is 31.1 Å². The predicted octanol–water partition coefficient (Wildman–Crippen LogP) is 3.90. The normalized spacial score (nSPS) is 11.0. The van der Waals surface area contributed by atoms with E-state index in [1.165, 1.54) is 42.2 Å². The maximum absolute atomic E-state index is 12.5. The van der Waals surface area contributed by atoms with Crippen LogP contribution < -0.4 is 10.0 Å². The van der Waals surface area contributed by atoms with Gasteiger partial charge in [0.15, 0.2) is 0 Å². The minimum absolute atomic E-state index is 0.0112. The highest BCUT2D eigenvalue weighted by atomic mass is 32.2. The highest BCUT2D eigenvalue weighted by molar-refractivity contribution is 7.99. The summed E-state index contributed by atoms with van der Waals surface area (Å²) in [5.74, 6) is 0.207. The van der Waals surface area contributed by atoms with Gasteiger partial charge >= 0.3 is 0 Å². The number of nitrogens with one attached hydrogen (secondary N) is 2. The second-order valence-electron chi connectivity index (χ2n) is 7.54. The highest BCUT2D eigenvalue weighted by Gasteiger charge is 2.16. The third-order valence-corrected chi connectivity index (χ3v) is 7.43. The van der Waals surface area contributed by atoms with Crippen LogP contribution >= 0.6 is 11.8 Å². The second-order valence-corrected chi connectivity index (χ2v) is 10.3. The first kappa shape index (κ1) is 25.1. The summed E-state index contributed by atoms with van der Waals surface area (Å²) < 4.78 is 27.4. The van der Waals surface area contributed by atoms with Crippen LogP contribution in [0.1, 0.15) is 34.5 Å². The van der Waals surface area contributed by atoms with Gasteiger partial charge in [0.25, 0.3) is 10.0 Å². The number of sulfonamides is 1. The second kappa shape index (κ2) is 10.6. The molecule has 34 heavy (non-hydrogen) atoms. The molecule has 3 aromatic rings. The predicted molar refractivity (Wildman–Crippen MR) is 131 cm³/mol. The van der Waals surface area contributed by atoms with Gasteiger partial charge in [0, 0.05) is 35.4 Å². The molecule has 0 bridgehead atoms. The molecule has 0 fully saturated rings. The van der Waals surface area contributed by atoms with Gasteiger partial charge in [0.2, 0.25) is 11.9 Å². The van der Waals surface area contributed by atoms with Crippen LogP contribution in [0.15, 0.2) is 46.5 Å². The van der Waals surface area contributed by atoms with Crippen molar-refractivity contribution in [2.24, 2.45) is 0 Å². The Morgan fingerprint density at radius 1 is 1.06 bits per heavy atom. The summed E-state index contributed by atoms with van der Waals surface area (Å²) in [6.45, 7) is 7.46. The van der Waals surface area contributed by atoms with Crippen molar-refractivity contribution in [3.05, 3.63) is 64.6 Å². The molecule has 0 aliphatic heterocycles. The zero-order valence-electron chi connectivity index (χ0n) is 19.2. The molecule has 11 heteroatoms. The van der Waals surface area contributed by atoms with Gasteiger partial charge in [-0.05, 0) is 69.2 Å². The Bertz CT molecular complexity index is 1370. The molecule has 0 aliphatic rings. The van der Waals surface area contributed by atoms with E-state index in [1.807, 2.05) is 20.8 Å². The maximum Gasteiger partial charge on any atom is 0.264 e. The first-order valence-electron chi connectivity index (χ1n) is 10.3. The van der Waals surface area contributed by atoms with Crippen molar-refractivity contribution in [1.82, 2.24) is 15.0 Å². The van der Waals surface area contributed by atoms with Crippen molar-refractivity contribution < 1.29 is 13.2 Å². The molecular formula is C23H24N6O3S2. The van der Waals surface area contributed by atoms with E-state index in [1.54, 1.807) is 13.0 Å². The number of nitrogens with zero attached hydrogens (tertiary/aromatic N) is 4. The summed E-state index contributed by atoms with van der Waals surface area (Å²) in [6, 6.07) is 9.67. The Hall–Kier alpha value is -3.49. The quantitative estimate of drug-likeness (QED) is 0.448. The molecule has 3 rings (SSSR count). The van der Waals surface area contributed by atoms with E-state index in [0.29, 0.717) is 27.7 Å². The Morgan fingerprint density at radius 3 is 2.41 bits per heavy atom. The number of aromatic nitrogens is 3. The molecule has 2 aromatic heterocycles. The summed E-state index contributed by atoms with van der Waals surface area (Å²) in [5.41, 5.74) is 4.40. The Balaban J connectivity index is 1.58. The minimum atomic E-state index is -3.86. The molecule has 0 saturated heterocycles. The van der Waals surface area contributed by atoms with Crippen molar-refractivity contribution in [3.8, 4) is 6.07 Å². The molecular weight excluding hydrogens is 472 g/mol. The van der Waals surface area contributed by atoms with Gasteiger partial charge in [-0.15, -0.1) is 11.8 Å². The van der Waals surface area contributed by atoms with Crippen LogP contribution in [0, 0.1) is 39.0 Å². The minimum Gasteiger partial charge on any atom is -0.326 e. The lowest BCUT2D eigenvalue weighted by atomic mass is 10.1. The standard InChI is InChI=1S/C23H24N6O3S2/c1-14-9-11-25-23(26-14)29-34(31,32)19-7-5-18(6-8-19)28-21(30)10-12-33-22-20(13-24)16(3)15(2)17(4)27-22/h5-9,11H,10,12H2,1-4H3,(H,28,30)(H,25,26,29). The van der Waals surface area contributed by atoms with Crippen molar-refractivity contribution in [3.63, 3.8) is 0 Å². The number of anilines is 2. The van der Waals surface area contributed by atoms with E-state index < -0.39 is 10.0 Å². The smallest absolute Gasteiger partial charge is 0.264 e. The molecule has 1 aromatic carbocycles. The number of aryl methyl sites for hydroxylation is 2. The highest BCUT2D eigenvalue weighted by Crippen LogP contribution is 2.27. The summed E-state index contributed by atoms with van der Waals surface area (Å²) in [7, 11) is -3.86. The maximum atomic E-state index is 12.5.